The topological polar surface area (TPSA) is 47.0 Å². The Morgan fingerprint density at radius 2 is 2.20 bits per heavy atom. The summed E-state index contributed by atoms with van der Waals surface area (Å²) in [5, 5.41) is 11.9. The molecule has 0 aliphatic heterocycles. The molecule has 4 nitrogen and oxygen atoms in total. The maximum Gasteiger partial charge on any atom is 0.148 e. The van der Waals surface area contributed by atoms with Crippen LogP contribution in [0.1, 0.15) is 0 Å². The fraction of sp³-hybridized carbons (Fsp3) is 0.273. The fourth-order valence-corrected chi connectivity index (χ4v) is 1.36. The maximum absolute atomic E-state index is 5.59. The standard InChI is InChI=1S/C11H13N3O/c1-12-6-7-15-11-8-13-14-10-5-3-2-4-9(10)11/h2-5,8,12H,6-7H2,1H3. The number of likely N-dealkylation sites (N-methyl/N-ethyl adjacent to an activating group) is 1. The Balaban J connectivity index is 2.26. The highest BCUT2D eigenvalue weighted by molar-refractivity contribution is 5.83. The Kier molecular flexibility index (Phi) is 3.09. The molecule has 1 N–H and O–H groups in total. The zero-order chi connectivity index (χ0) is 10.5. The molecule has 78 valence electrons. The van der Waals surface area contributed by atoms with Gasteiger partial charge in [-0.3, -0.25) is 0 Å². The third-order valence-electron chi connectivity index (χ3n) is 2.12. The molecule has 0 fully saturated rings. The molecule has 0 radical (unpaired) electrons. The van der Waals surface area contributed by atoms with E-state index in [0.717, 1.165) is 23.2 Å². The molecule has 0 unspecified atom stereocenters. The zero-order valence-corrected chi connectivity index (χ0v) is 8.60. The highest BCUT2D eigenvalue weighted by Gasteiger charge is 2.02. The van der Waals surface area contributed by atoms with E-state index < -0.39 is 0 Å². The molecule has 4 heteroatoms. The Bertz CT molecular complexity index is 439. The van der Waals surface area contributed by atoms with E-state index in [1.54, 1.807) is 6.20 Å². The highest BCUT2D eigenvalue weighted by atomic mass is 16.5. The molecular weight excluding hydrogens is 190 g/mol. The van der Waals surface area contributed by atoms with Crippen molar-refractivity contribution >= 4 is 10.9 Å². The molecular formula is C11H13N3O. The number of nitrogens with one attached hydrogen (secondary N) is 1. The summed E-state index contributed by atoms with van der Waals surface area (Å²) in [5.74, 6) is 0.788. The van der Waals surface area contributed by atoms with Crippen LogP contribution in [0.25, 0.3) is 10.9 Å². The second kappa shape index (κ2) is 4.70. The van der Waals surface area contributed by atoms with E-state index in [1.165, 1.54) is 0 Å². The van der Waals surface area contributed by atoms with Crippen LogP contribution in [0.2, 0.25) is 0 Å². The van der Waals surface area contributed by atoms with Gasteiger partial charge in [0.2, 0.25) is 0 Å². The number of hydrogen-bond donors (Lipinski definition) is 1. The number of benzene rings is 1. The fourth-order valence-electron chi connectivity index (χ4n) is 1.36. The van der Waals surface area contributed by atoms with Crippen molar-refractivity contribution in [2.75, 3.05) is 20.2 Å². The molecule has 0 saturated carbocycles. The highest BCUT2D eigenvalue weighted by Crippen LogP contribution is 2.21. The van der Waals surface area contributed by atoms with Crippen LogP contribution in [-0.2, 0) is 0 Å². The second-order valence-electron chi connectivity index (χ2n) is 3.18. The van der Waals surface area contributed by atoms with Crippen LogP contribution < -0.4 is 10.1 Å². The summed E-state index contributed by atoms with van der Waals surface area (Å²) in [6.45, 7) is 1.45. The number of ether oxygens (including phenoxy) is 1. The quantitative estimate of drug-likeness (QED) is 0.759. The van der Waals surface area contributed by atoms with Crippen LogP contribution >= 0.6 is 0 Å². The molecule has 0 atom stereocenters. The monoisotopic (exact) mass is 203 g/mol. The minimum atomic E-state index is 0.631. The van der Waals surface area contributed by atoms with Gasteiger partial charge < -0.3 is 10.1 Å². The number of rotatable bonds is 4. The lowest BCUT2D eigenvalue weighted by Crippen LogP contribution is -2.16. The van der Waals surface area contributed by atoms with Crippen LogP contribution in [0, 0.1) is 0 Å². The van der Waals surface area contributed by atoms with Crippen LogP contribution in [0.4, 0.5) is 0 Å². The van der Waals surface area contributed by atoms with E-state index in [4.69, 9.17) is 4.74 Å². The van der Waals surface area contributed by atoms with Crippen LogP contribution in [0.15, 0.2) is 30.5 Å². The van der Waals surface area contributed by atoms with Crippen molar-refractivity contribution in [2.45, 2.75) is 0 Å². The van der Waals surface area contributed by atoms with Gasteiger partial charge in [0, 0.05) is 11.9 Å². The van der Waals surface area contributed by atoms with Crippen molar-refractivity contribution in [1.82, 2.24) is 15.5 Å². The predicted molar refractivity (Wildman–Crippen MR) is 59.0 cm³/mol. The SMILES string of the molecule is CNCCOc1cnnc2ccccc12. The summed E-state index contributed by atoms with van der Waals surface area (Å²) in [6.07, 6.45) is 1.65. The van der Waals surface area contributed by atoms with Gasteiger partial charge in [-0.1, -0.05) is 12.1 Å². The number of nitrogens with zero attached hydrogens (tertiary/aromatic N) is 2. The first kappa shape index (κ1) is 9.86. The van der Waals surface area contributed by atoms with Crippen molar-refractivity contribution in [3.63, 3.8) is 0 Å². The van der Waals surface area contributed by atoms with E-state index in [9.17, 15) is 0 Å². The maximum atomic E-state index is 5.59. The normalized spacial score (nSPS) is 10.5. The lowest BCUT2D eigenvalue weighted by molar-refractivity contribution is 0.320. The first-order valence-corrected chi connectivity index (χ1v) is 4.89. The number of fused-ring (bicyclic) bond motifs is 1. The summed E-state index contributed by atoms with van der Waals surface area (Å²) in [4.78, 5) is 0. The van der Waals surface area contributed by atoms with Crippen LogP contribution in [-0.4, -0.2) is 30.4 Å². The van der Waals surface area contributed by atoms with Gasteiger partial charge in [-0.25, -0.2) is 0 Å². The van der Waals surface area contributed by atoms with E-state index in [-0.39, 0.29) is 0 Å². The Labute approximate surface area is 88.3 Å². The molecule has 0 saturated heterocycles. The first-order chi connectivity index (χ1) is 7.42. The minimum absolute atomic E-state index is 0.631. The van der Waals surface area contributed by atoms with Crippen LogP contribution in [0.5, 0.6) is 5.75 Å². The summed E-state index contributed by atoms with van der Waals surface area (Å²) in [6, 6.07) is 7.81. The summed E-state index contributed by atoms with van der Waals surface area (Å²) >= 11 is 0. The van der Waals surface area contributed by atoms with E-state index in [0.29, 0.717) is 6.61 Å². The lowest BCUT2D eigenvalue weighted by atomic mass is 10.2. The largest absolute Gasteiger partial charge is 0.490 e. The van der Waals surface area contributed by atoms with Crippen molar-refractivity contribution in [3.8, 4) is 5.75 Å². The molecule has 0 aliphatic rings. The van der Waals surface area contributed by atoms with Gasteiger partial charge in [0.05, 0.1) is 11.7 Å². The average molecular weight is 203 g/mol. The Morgan fingerprint density at radius 3 is 3.07 bits per heavy atom. The summed E-state index contributed by atoms with van der Waals surface area (Å²) in [5.41, 5.74) is 0.861. The molecule has 2 aromatic rings. The van der Waals surface area contributed by atoms with Gasteiger partial charge in [0.25, 0.3) is 0 Å². The summed E-state index contributed by atoms with van der Waals surface area (Å²) < 4.78 is 5.59. The molecule has 15 heavy (non-hydrogen) atoms. The number of aromatic nitrogens is 2. The van der Waals surface area contributed by atoms with Crippen molar-refractivity contribution in [3.05, 3.63) is 30.5 Å². The predicted octanol–water partition coefficient (Wildman–Crippen LogP) is 1.23. The van der Waals surface area contributed by atoms with E-state index >= 15 is 0 Å². The van der Waals surface area contributed by atoms with Crippen molar-refractivity contribution in [2.24, 2.45) is 0 Å². The Hall–Kier alpha value is -1.68. The molecule has 0 amide bonds. The lowest BCUT2D eigenvalue weighted by Gasteiger charge is -2.07. The third-order valence-corrected chi connectivity index (χ3v) is 2.12. The Morgan fingerprint density at radius 1 is 1.33 bits per heavy atom. The van der Waals surface area contributed by atoms with Crippen molar-refractivity contribution < 1.29 is 4.74 Å². The van der Waals surface area contributed by atoms with Crippen LogP contribution in [0.3, 0.4) is 0 Å². The van der Waals surface area contributed by atoms with Gasteiger partial charge in [-0.05, 0) is 19.2 Å². The van der Waals surface area contributed by atoms with Crippen molar-refractivity contribution in [1.29, 1.82) is 0 Å². The molecule has 0 bridgehead atoms. The third kappa shape index (κ3) is 2.22. The zero-order valence-electron chi connectivity index (χ0n) is 8.60. The van der Waals surface area contributed by atoms with Gasteiger partial charge in [-0.15, -0.1) is 0 Å². The summed E-state index contributed by atoms with van der Waals surface area (Å²) in [7, 11) is 1.90. The van der Waals surface area contributed by atoms with E-state index in [2.05, 4.69) is 15.5 Å². The molecule has 1 aromatic carbocycles. The number of hydrogen-bond acceptors (Lipinski definition) is 4. The molecule has 1 heterocycles. The average Bonchev–Trinajstić information content (AvgIpc) is 2.30. The molecule has 1 aromatic heterocycles. The first-order valence-electron chi connectivity index (χ1n) is 4.89. The molecule has 0 spiro atoms. The van der Waals surface area contributed by atoms with Gasteiger partial charge in [0.15, 0.2) is 0 Å². The van der Waals surface area contributed by atoms with Gasteiger partial charge >= 0.3 is 0 Å². The molecule has 0 aliphatic carbocycles. The minimum Gasteiger partial charge on any atom is -0.490 e. The second-order valence-corrected chi connectivity index (χ2v) is 3.18. The van der Waals surface area contributed by atoms with Gasteiger partial charge in [0.1, 0.15) is 12.4 Å². The van der Waals surface area contributed by atoms with Gasteiger partial charge in [-0.2, -0.15) is 10.2 Å². The van der Waals surface area contributed by atoms with E-state index in [1.807, 2.05) is 31.3 Å². The smallest absolute Gasteiger partial charge is 0.148 e. The molecule has 2 rings (SSSR count).